The Morgan fingerprint density at radius 2 is 2.33 bits per heavy atom. The number of benzene rings is 1. The molecule has 6 nitrogen and oxygen atoms in total. The Morgan fingerprint density at radius 1 is 1.39 bits per heavy atom. The van der Waals surface area contributed by atoms with Crippen LogP contribution in [0.4, 0.5) is 0 Å². The number of aromatic nitrogens is 2. The highest BCUT2D eigenvalue weighted by Crippen LogP contribution is 2.18. The highest BCUT2D eigenvalue weighted by Gasteiger charge is 2.23. The largest absolute Gasteiger partial charge is 0.395 e. The molecule has 2 heterocycles. The number of ether oxygens (including phenoxy) is 1. The molecular weight excluding hydrogens is 234 g/mol. The number of fused-ring (bicyclic) bond motifs is 1. The molecule has 96 valence electrons. The molecular formula is C12H15N3O3. The van der Waals surface area contributed by atoms with E-state index in [0.29, 0.717) is 13.2 Å². The SMILES string of the molecule is OCC1COCCN1Cc1cccc2nonc12. The van der Waals surface area contributed by atoms with Gasteiger partial charge in [-0.3, -0.25) is 4.90 Å². The Morgan fingerprint density at radius 3 is 3.22 bits per heavy atom. The lowest BCUT2D eigenvalue weighted by Crippen LogP contribution is -2.46. The molecule has 1 aromatic heterocycles. The van der Waals surface area contributed by atoms with Gasteiger partial charge in [0.25, 0.3) is 0 Å². The Balaban J connectivity index is 1.84. The average molecular weight is 249 g/mol. The van der Waals surface area contributed by atoms with Gasteiger partial charge in [0.1, 0.15) is 11.0 Å². The van der Waals surface area contributed by atoms with Gasteiger partial charge in [-0.25, -0.2) is 4.63 Å². The molecule has 1 fully saturated rings. The number of aliphatic hydroxyl groups is 1. The van der Waals surface area contributed by atoms with Crippen LogP contribution in [0.25, 0.3) is 11.0 Å². The van der Waals surface area contributed by atoms with Crippen LogP contribution in [-0.4, -0.2) is 52.7 Å². The number of hydrogen-bond acceptors (Lipinski definition) is 6. The highest BCUT2D eigenvalue weighted by atomic mass is 16.6. The molecule has 1 atom stereocenters. The molecule has 1 saturated heterocycles. The van der Waals surface area contributed by atoms with Crippen molar-refractivity contribution in [2.24, 2.45) is 0 Å². The summed E-state index contributed by atoms with van der Waals surface area (Å²) in [4.78, 5) is 2.20. The van der Waals surface area contributed by atoms with Gasteiger partial charge in [-0.05, 0) is 21.9 Å². The monoisotopic (exact) mass is 249 g/mol. The van der Waals surface area contributed by atoms with Crippen LogP contribution < -0.4 is 0 Å². The first-order valence-corrected chi connectivity index (χ1v) is 6.01. The molecule has 1 unspecified atom stereocenters. The molecule has 2 aromatic rings. The van der Waals surface area contributed by atoms with Crippen molar-refractivity contribution in [2.75, 3.05) is 26.4 Å². The maximum absolute atomic E-state index is 9.34. The fourth-order valence-electron chi connectivity index (χ4n) is 2.27. The Kier molecular flexibility index (Phi) is 3.22. The average Bonchev–Trinajstić information content (AvgIpc) is 2.89. The third-order valence-corrected chi connectivity index (χ3v) is 3.30. The first kappa shape index (κ1) is 11.6. The predicted molar refractivity (Wildman–Crippen MR) is 63.9 cm³/mol. The second-order valence-electron chi connectivity index (χ2n) is 4.43. The molecule has 3 rings (SSSR count). The third kappa shape index (κ3) is 2.10. The van der Waals surface area contributed by atoms with E-state index in [1.54, 1.807) is 0 Å². The van der Waals surface area contributed by atoms with E-state index in [2.05, 4.69) is 15.2 Å². The summed E-state index contributed by atoms with van der Waals surface area (Å²) in [6.07, 6.45) is 0. The van der Waals surface area contributed by atoms with Gasteiger partial charge in [-0.15, -0.1) is 0 Å². The van der Waals surface area contributed by atoms with Gasteiger partial charge in [0.05, 0.1) is 25.9 Å². The van der Waals surface area contributed by atoms with E-state index in [9.17, 15) is 5.11 Å². The van der Waals surface area contributed by atoms with Crippen molar-refractivity contribution in [3.8, 4) is 0 Å². The van der Waals surface area contributed by atoms with Gasteiger partial charge in [0.2, 0.25) is 0 Å². The lowest BCUT2D eigenvalue weighted by Gasteiger charge is -2.34. The van der Waals surface area contributed by atoms with Crippen molar-refractivity contribution in [1.82, 2.24) is 15.2 Å². The summed E-state index contributed by atoms with van der Waals surface area (Å²) in [5.74, 6) is 0. The minimum Gasteiger partial charge on any atom is -0.395 e. The molecule has 0 spiro atoms. The zero-order valence-electron chi connectivity index (χ0n) is 9.95. The van der Waals surface area contributed by atoms with Crippen LogP contribution in [0.3, 0.4) is 0 Å². The zero-order chi connectivity index (χ0) is 12.4. The van der Waals surface area contributed by atoms with E-state index in [0.717, 1.165) is 29.7 Å². The highest BCUT2D eigenvalue weighted by molar-refractivity contribution is 5.76. The van der Waals surface area contributed by atoms with E-state index >= 15 is 0 Å². The van der Waals surface area contributed by atoms with Gasteiger partial charge in [0, 0.05) is 13.1 Å². The number of morpholine rings is 1. The number of nitrogens with zero attached hydrogens (tertiary/aromatic N) is 3. The van der Waals surface area contributed by atoms with Crippen molar-refractivity contribution < 1.29 is 14.5 Å². The minimum atomic E-state index is 0.0499. The van der Waals surface area contributed by atoms with Gasteiger partial charge >= 0.3 is 0 Å². The molecule has 6 heteroatoms. The maximum atomic E-state index is 9.34. The molecule has 0 aliphatic carbocycles. The van der Waals surface area contributed by atoms with Crippen LogP contribution >= 0.6 is 0 Å². The number of rotatable bonds is 3. The first-order chi connectivity index (χ1) is 8.88. The smallest absolute Gasteiger partial charge is 0.139 e. The van der Waals surface area contributed by atoms with Gasteiger partial charge in [0.15, 0.2) is 0 Å². The summed E-state index contributed by atoms with van der Waals surface area (Å²) in [5.41, 5.74) is 2.62. The second kappa shape index (κ2) is 5.01. The quantitative estimate of drug-likeness (QED) is 0.849. The molecule has 1 aliphatic heterocycles. The normalized spacial score (nSPS) is 21.5. The van der Waals surface area contributed by atoms with Gasteiger partial charge < -0.3 is 9.84 Å². The Labute approximate surface area is 104 Å². The van der Waals surface area contributed by atoms with Crippen molar-refractivity contribution in [1.29, 1.82) is 0 Å². The van der Waals surface area contributed by atoms with Crippen LogP contribution in [0.2, 0.25) is 0 Å². The molecule has 1 aliphatic rings. The van der Waals surface area contributed by atoms with Crippen LogP contribution in [0, 0.1) is 0 Å². The van der Waals surface area contributed by atoms with Crippen LogP contribution in [-0.2, 0) is 11.3 Å². The van der Waals surface area contributed by atoms with Gasteiger partial charge in [-0.1, -0.05) is 12.1 Å². The number of hydrogen-bond donors (Lipinski definition) is 1. The minimum absolute atomic E-state index is 0.0499. The summed E-state index contributed by atoms with van der Waals surface area (Å²) in [5, 5.41) is 17.1. The fourth-order valence-corrected chi connectivity index (χ4v) is 2.27. The standard InChI is InChI=1S/C12H15N3O3/c16-7-10-8-17-5-4-15(10)6-9-2-1-3-11-12(9)14-18-13-11/h1-3,10,16H,4-8H2. The molecule has 18 heavy (non-hydrogen) atoms. The van der Waals surface area contributed by atoms with E-state index in [1.165, 1.54) is 0 Å². The third-order valence-electron chi connectivity index (χ3n) is 3.30. The van der Waals surface area contributed by atoms with E-state index in [-0.39, 0.29) is 12.6 Å². The molecule has 0 saturated carbocycles. The van der Waals surface area contributed by atoms with Crippen LogP contribution in [0.15, 0.2) is 22.8 Å². The molecule has 1 N–H and O–H groups in total. The first-order valence-electron chi connectivity index (χ1n) is 6.01. The molecule has 0 radical (unpaired) electrons. The lowest BCUT2D eigenvalue weighted by molar-refractivity contribution is -0.0311. The Hall–Kier alpha value is -1.50. The topological polar surface area (TPSA) is 71.6 Å². The Bertz CT molecular complexity index is 528. The summed E-state index contributed by atoms with van der Waals surface area (Å²) >= 11 is 0. The molecule has 0 amide bonds. The maximum Gasteiger partial charge on any atom is 0.139 e. The zero-order valence-corrected chi connectivity index (χ0v) is 9.95. The van der Waals surface area contributed by atoms with Crippen molar-refractivity contribution >= 4 is 11.0 Å². The van der Waals surface area contributed by atoms with Gasteiger partial charge in [-0.2, -0.15) is 0 Å². The van der Waals surface area contributed by atoms with Crippen molar-refractivity contribution in [3.05, 3.63) is 23.8 Å². The number of aliphatic hydroxyl groups excluding tert-OH is 1. The summed E-state index contributed by atoms with van der Waals surface area (Å²) in [7, 11) is 0. The van der Waals surface area contributed by atoms with Crippen molar-refractivity contribution in [2.45, 2.75) is 12.6 Å². The summed E-state index contributed by atoms with van der Waals surface area (Å²) in [6, 6.07) is 5.87. The summed E-state index contributed by atoms with van der Waals surface area (Å²) in [6.45, 7) is 2.91. The predicted octanol–water partition coefficient (Wildman–Crippen LogP) is 0.416. The van der Waals surface area contributed by atoms with E-state index < -0.39 is 0 Å². The lowest BCUT2D eigenvalue weighted by atomic mass is 10.1. The van der Waals surface area contributed by atoms with E-state index in [4.69, 9.17) is 9.37 Å². The fraction of sp³-hybridized carbons (Fsp3) is 0.500. The molecule has 0 bridgehead atoms. The van der Waals surface area contributed by atoms with Crippen molar-refractivity contribution in [3.63, 3.8) is 0 Å². The summed E-state index contributed by atoms with van der Waals surface area (Å²) < 4.78 is 10.1. The van der Waals surface area contributed by atoms with Crippen LogP contribution in [0.1, 0.15) is 5.56 Å². The van der Waals surface area contributed by atoms with E-state index in [1.807, 2.05) is 18.2 Å². The van der Waals surface area contributed by atoms with Crippen LogP contribution in [0.5, 0.6) is 0 Å². The second-order valence-corrected chi connectivity index (χ2v) is 4.43. The molecule has 1 aromatic carbocycles.